The number of benzene rings is 1. The average molecular weight is 173 g/mol. The van der Waals surface area contributed by atoms with Crippen LogP contribution in [0.4, 0.5) is 0 Å². The molecule has 0 N–H and O–H groups in total. The third-order valence-electron chi connectivity index (χ3n) is 2.45. The fourth-order valence-electron chi connectivity index (χ4n) is 1.42. The van der Waals surface area contributed by atoms with Crippen LogP contribution in [0.5, 0.6) is 0 Å². The zero-order valence-electron chi connectivity index (χ0n) is 8.46. The molecule has 0 radical (unpaired) electrons. The molecule has 1 aromatic carbocycles. The molecule has 0 amide bonds. The third kappa shape index (κ3) is 2.09. The highest BCUT2D eigenvalue weighted by molar-refractivity contribution is 5.34. The van der Waals surface area contributed by atoms with E-state index in [9.17, 15) is 0 Å². The predicted molar refractivity (Wildman–Crippen MR) is 54.6 cm³/mol. The maximum atomic E-state index is 8.77. The van der Waals surface area contributed by atoms with Gasteiger partial charge in [-0.2, -0.15) is 5.26 Å². The predicted octanol–water partition coefficient (Wildman–Crippen LogP) is 3.18. The van der Waals surface area contributed by atoms with Crippen LogP contribution >= 0.6 is 0 Å². The van der Waals surface area contributed by atoms with E-state index in [1.165, 1.54) is 11.1 Å². The summed E-state index contributed by atoms with van der Waals surface area (Å²) in [5.41, 5.74) is 3.79. The Morgan fingerprint density at radius 1 is 1.46 bits per heavy atom. The van der Waals surface area contributed by atoms with E-state index < -0.39 is 0 Å². The molecule has 0 bridgehead atoms. The summed E-state index contributed by atoms with van der Waals surface area (Å²) in [4.78, 5) is 0. The van der Waals surface area contributed by atoms with Crippen molar-refractivity contribution < 1.29 is 0 Å². The number of rotatable bonds is 2. The second-order valence-electron chi connectivity index (χ2n) is 3.39. The molecule has 0 aliphatic carbocycles. The van der Waals surface area contributed by atoms with Crippen molar-refractivity contribution in [3.63, 3.8) is 0 Å². The Bertz CT molecular complexity index is 333. The molecule has 1 heteroatoms. The van der Waals surface area contributed by atoms with Gasteiger partial charge in [-0.3, -0.25) is 0 Å². The SMILES string of the molecule is CCc1cc(C(C)C#N)ccc1C. The van der Waals surface area contributed by atoms with Gasteiger partial charge in [0.1, 0.15) is 0 Å². The zero-order valence-corrected chi connectivity index (χ0v) is 8.46. The molecular weight excluding hydrogens is 158 g/mol. The summed E-state index contributed by atoms with van der Waals surface area (Å²) >= 11 is 0. The molecule has 1 nitrogen and oxygen atoms in total. The van der Waals surface area contributed by atoms with Crippen molar-refractivity contribution in [3.8, 4) is 6.07 Å². The fourth-order valence-corrected chi connectivity index (χ4v) is 1.42. The smallest absolute Gasteiger partial charge is 0.0700 e. The van der Waals surface area contributed by atoms with Gasteiger partial charge in [0.05, 0.1) is 12.0 Å². The van der Waals surface area contributed by atoms with Crippen LogP contribution in [-0.4, -0.2) is 0 Å². The maximum absolute atomic E-state index is 8.77. The molecule has 0 saturated carbocycles. The monoisotopic (exact) mass is 173 g/mol. The minimum atomic E-state index is 0.00546. The van der Waals surface area contributed by atoms with Gasteiger partial charge < -0.3 is 0 Å². The Kier molecular flexibility index (Phi) is 3.08. The van der Waals surface area contributed by atoms with Gasteiger partial charge in [0.2, 0.25) is 0 Å². The van der Waals surface area contributed by atoms with E-state index in [0.717, 1.165) is 12.0 Å². The van der Waals surface area contributed by atoms with Crippen molar-refractivity contribution in [1.29, 1.82) is 5.26 Å². The molecule has 0 aliphatic heterocycles. The van der Waals surface area contributed by atoms with E-state index in [-0.39, 0.29) is 5.92 Å². The topological polar surface area (TPSA) is 23.8 Å². The van der Waals surface area contributed by atoms with Crippen LogP contribution in [0.3, 0.4) is 0 Å². The molecule has 0 aromatic heterocycles. The van der Waals surface area contributed by atoms with Gasteiger partial charge in [0.15, 0.2) is 0 Å². The number of aryl methyl sites for hydroxylation is 2. The highest BCUT2D eigenvalue weighted by Gasteiger charge is 2.04. The van der Waals surface area contributed by atoms with E-state index in [1.807, 2.05) is 13.0 Å². The summed E-state index contributed by atoms with van der Waals surface area (Å²) in [5, 5.41) is 8.77. The largest absolute Gasteiger partial charge is 0.198 e. The van der Waals surface area contributed by atoms with Gasteiger partial charge in [-0.15, -0.1) is 0 Å². The third-order valence-corrected chi connectivity index (χ3v) is 2.45. The van der Waals surface area contributed by atoms with Crippen molar-refractivity contribution in [3.05, 3.63) is 34.9 Å². The lowest BCUT2D eigenvalue weighted by molar-refractivity contribution is 0.967. The standard InChI is InChI=1S/C12H15N/c1-4-11-7-12(10(3)8-13)6-5-9(11)2/h5-7,10H,4H2,1-3H3. The normalized spacial score (nSPS) is 12.2. The molecule has 0 heterocycles. The molecule has 1 atom stereocenters. The van der Waals surface area contributed by atoms with Gasteiger partial charge in [-0.1, -0.05) is 25.1 Å². The van der Waals surface area contributed by atoms with Crippen LogP contribution in [0.2, 0.25) is 0 Å². The van der Waals surface area contributed by atoms with Crippen LogP contribution in [0, 0.1) is 18.3 Å². The summed E-state index contributed by atoms with van der Waals surface area (Å²) in [6.07, 6.45) is 1.04. The quantitative estimate of drug-likeness (QED) is 0.673. The van der Waals surface area contributed by atoms with Crippen LogP contribution in [0.1, 0.15) is 36.5 Å². The maximum Gasteiger partial charge on any atom is 0.0700 e. The molecule has 68 valence electrons. The first-order valence-corrected chi connectivity index (χ1v) is 4.68. The molecule has 1 aromatic rings. The van der Waals surface area contributed by atoms with Crippen molar-refractivity contribution in [2.24, 2.45) is 0 Å². The number of hydrogen-bond donors (Lipinski definition) is 0. The fraction of sp³-hybridized carbons (Fsp3) is 0.417. The first-order chi connectivity index (χ1) is 6.19. The van der Waals surface area contributed by atoms with Gasteiger partial charge in [-0.25, -0.2) is 0 Å². The summed E-state index contributed by atoms with van der Waals surface area (Å²) in [7, 11) is 0. The second kappa shape index (κ2) is 4.09. The molecule has 1 rings (SSSR count). The lowest BCUT2D eigenvalue weighted by Gasteiger charge is -2.07. The average Bonchev–Trinajstić information content (AvgIpc) is 2.17. The van der Waals surface area contributed by atoms with E-state index in [1.54, 1.807) is 0 Å². The summed E-state index contributed by atoms with van der Waals surface area (Å²) in [6, 6.07) is 8.54. The molecule has 0 aliphatic rings. The minimum absolute atomic E-state index is 0.00546. The van der Waals surface area contributed by atoms with Gasteiger partial charge in [0.25, 0.3) is 0 Å². The van der Waals surface area contributed by atoms with E-state index >= 15 is 0 Å². The zero-order chi connectivity index (χ0) is 9.84. The molecule has 0 fully saturated rings. The molecule has 0 saturated heterocycles. The van der Waals surface area contributed by atoms with Crippen LogP contribution in [0.25, 0.3) is 0 Å². The van der Waals surface area contributed by atoms with Crippen molar-refractivity contribution >= 4 is 0 Å². The van der Waals surface area contributed by atoms with Crippen molar-refractivity contribution in [1.82, 2.24) is 0 Å². The van der Waals surface area contributed by atoms with Gasteiger partial charge in [0, 0.05) is 0 Å². The molecular formula is C12H15N. The van der Waals surface area contributed by atoms with Crippen molar-refractivity contribution in [2.45, 2.75) is 33.1 Å². The Morgan fingerprint density at radius 2 is 2.15 bits per heavy atom. The lowest BCUT2D eigenvalue weighted by atomic mass is 9.96. The highest BCUT2D eigenvalue weighted by atomic mass is 14.3. The Hall–Kier alpha value is -1.29. The van der Waals surface area contributed by atoms with Crippen molar-refractivity contribution in [2.75, 3.05) is 0 Å². The highest BCUT2D eigenvalue weighted by Crippen LogP contribution is 2.18. The first kappa shape index (κ1) is 9.80. The van der Waals surface area contributed by atoms with E-state index in [2.05, 4.69) is 32.0 Å². The van der Waals surface area contributed by atoms with Crippen LogP contribution < -0.4 is 0 Å². The first-order valence-electron chi connectivity index (χ1n) is 4.68. The number of hydrogen-bond acceptors (Lipinski definition) is 1. The number of nitriles is 1. The minimum Gasteiger partial charge on any atom is -0.198 e. The summed E-state index contributed by atoms with van der Waals surface area (Å²) in [5.74, 6) is 0.00546. The van der Waals surface area contributed by atoms with Crippen LogP contribution in [0.15, 0.2) is 18.2 Å². The Balaban J connectivity index is 3.08. The Labute approximate surface area is 80.0 Å². The van der Waals surface area contributed by atoms with Gasteiger partial charge in [-0.05, 0) is 37.0 Å². The van der Waals surface area contributed by atoms with Gasteiger partial charge >= 0.3 is 0 Å². The lowest BCUT2D eigenvalue weighted by Crippen LogP contribution is -1.93. The number of nitrogens with zero attached hydrogens (tertiary/aromatic N) is 1. The molecule has 0 spiro atoms. The summed E-state index contributed by atoms with van der Waals surface area (Å²) < 4.78 is 0. The Morgan fingerprint density at radius 3 is 2.69 bits per heavy atom. The summed E-state index contributed by atoms with van der Waals surface area (Å²) in [6.45, 7) is 6.19. The second-order valence-corrected chi connectivity index (χ2v) is 3.39. The van der Waals surface area contributed by atoms with Crippen LogP contribution in [-0.2, 0) is 6.42 Å². The van der Waals surface area contributed by atoms with E-state index in [0.29, 0.717) is 0 Å². The molecule has 1 unspecified atom stereocenters. The van der Waals surface area contributed by atoms with E-state index in [4.69, 9.17) is 5.26 Å². The molecule has 13 heavy (non-hydrogen) atoms.